The molecule has 3 N–H and O–H groups in total. The van der Waals surface area contributed by atoms with E-state index in [1.54, 1.807) is 0 Å². The lowest BCUT2D eigenvalue weighted by molar-refractivity contribution is -0.123. The van der Waals surface area contributed by atoms with E-state index in [0.717, 1.165) is 30.7 Å². The highest BCUT2D eigenvalue weighted by molar-refractivity contribution is 5.98. The van der Waals surface area contributed by atoms with Gasteiger partial charge in [-0.25, -0.2) is 0 Å². The maximum absolute atomic E-state index is 11.9. The largest absolute Gasteiger partial charge is 0.491 e. The van der Waals surface area contributed by atoms with Crippen molar-refractivity contribution < 1.29 is 9.53 Å². The van der Waals surface area contributed by atoms with Gasteiger partial charge in [0.15, 0.2) is 0 Å². The molecular weight excluding hydrogens is 264 g/mol. The number of hydrogen-bond donors (Lipinski definition) is 2. The quantitative estimate of drug-likeness (QED) is 0.893. The maximum Gasteiger partial charge on any atom is 0.244 e. The van der Waals surface area contributed by atoms with E-state index in [-0.39, 0.29) is 24.4 Å². The molecule has 1 aliphatic rings. The summed E-state index contributed by atoms with van der Waals surface area (Å²) in [5.41, 5.74) is 6.05. The molecule has 1 amide bonds. The van der Waals surface area contributed by atoms with Crippen LogP contribution in [-0.4, -0.2) is 17.6 Å². The van der Waals surface area contributed by atoms with Gasteiger partial charge in [-0.2, -0.15) is 0 Å². The van der Waals surface area contributed by atoms with Crippen LogP contribution in [0.4, 0.5) is 5.69 Å². The van der Waals surface area contributed by atoms with Gasteiger partial charge in [0.2, 0.25) is 5.91 Å². The van der Waals surface area contributed by atoms with E-state index in [4.69, 9.17) is 10.5 Å². The first-order valence-corrected chi connectivity index (χ1v) is 6.37. The van der Waals surface area contributed by atoms with Crippen LogP contribution in [0.15, 0.2) is 24.3 Å². The zero-order valence-electron chi connectivity index (χ0n) is 11.3. The number of amides is 1. The molecule has 4 nitrogen and oxygen atoms in total. The van der Waals surface area contributed by atoms with Gasteiger partial charge in [0, 0.05) is 5.69 Å². The van der Waals surface area contributed by atoms with E-state index < -0.39 is 5.54 Å². The molecule has 0 aliphatic heterocycles. The Morgan fingerprint density at radius 3 is 2.32 bits per heavy atom. The molecule has 2 rings (SSSR count). The fraction of sp³-hybridized carbons (Fsp3) is 0.500. The zero-order chi connectivity index (χ0) is 13.2. The summed E-state index contributed by atoms with van der Waals surface area (Å²) in [7, 11) is 0. The average Bonchev–Trinajstić information content (AvgIpc) is 2.28. The summed E-state index contributed by atoms with van der Waals surface area (Å²) in [6.07, 6.45) is 2.72. The van der Waals surface area contributed by atoms with Gasteiger partial charge in [0.1, 0.15) is 5.75 Å². The lowest BCUT2D eigenvalue weighted by Crippen LogP contribution is -2.56. The zero-order valence-corrected chi connectivity index (χ0v) is 12.1. The van der Waals surface area contributed by atoms with Crippen molar-refractivity contribution in [2.45, 2.75) is 44.8 Å². The molecule has 1 fully saturated rings. The van der Waals surface area contributed by atoms with Crippen LogP contribution in [0.5, 0.6) is 5.75 Å². The molecule has 0 unspecified atom stereocenters. The standard InChI is InChI=1S/C14H20N2O2.ClH/c1-10(2)18-12-6-4-11(5-7-12)16-13(17)14(15)8-3-9-14;/h4-7,10H,3,8-9,15H2,1-2H3,(H,16,17);1H. The van der Waals surface area contributed by atoms with Crippen LogP contribution in [0.1, 0.15) is 33.1 Å². The molecule has 0 heterocycles. The highest BCUT2D eigenvalue weighted by Gasteiger charge is 2.40. The minimum absolute atomic E-state index is 0. The molecule has 1 saturated carbocycles. The fourth-order valence-electron chi connectivity index (χ4n) is 1.93. The number of anilines is 1. The second-order valence-corrected chi connectivity index (χ2v) is 5.15. The van der Waals surface area contributed by atoms with Gasteiger partial charge in [-0.1, -0.05) is 0 Å². The van der Waals surface area contributed by atoms with Crippen molar-refractivity contribution in [3.8, 4) is 5.75 Å². The highest BCUT2D eigenvalue weighted by atomic mass is 35.5. The summed E-state index contributed by atoms with van der Waals surface area (Å²) in [6.45, 7) is 3.95. The van der Waals surface area contributed by atoms with Crippen LogP contribution < -0.4 is 15.8 Å². The highest BCUT2D eigenvalue weighted by Crippen LogP contribution is 2.30. The molecule has 106 valence electrons. The number of halogens is 1. The van der Waals surface area contributed by atoms with Gasteiger partial charge in [0.05, 0.1) is 11.6 Å². The molecule has 0 spiro atoms. The Morgan fingerprint density at radius 1 is 1.32 bits per heavy atom. The Bertz CT molecular complexity index is 428. The molecule has 1 aliphatic carbocycles. The number of nitrogens with two attached hydrogens (primary N) is 1. The van der Waals surface area contributed by atoms with Crippen molar-refractivity contribution in [3.63, 3.8) is 0 Å². The number of nitrogens with one attached hydrogen (secondary N) is 1. The number of rotatable bonds is 4. The van der Waals surface area contributed by atoms with Crippen molar-refractivity contribution in [1.29, 1.82) is 0 Å². The molecule has 0 radical (unpaired) electrons. The third-order valence-electron chi connectivity index (χ3n) is 3.18. The molecular formula is C14H21ClN2O2. The smallest absolute Gasteiger partial charge is 0.244 e. The van der Waals surface area contributed by atoms with E-state index in [0.29, 0.717) is 0 Å². The monoisotopic (exact) mass is 284 g/mol. The number of hydrogen-bond acceptors (Lipinski definition) is 3. The summed E-state index contributed by atoms with van der Waals surface area (Å²) in [5, 5.41) is 2.85. The van der Waals surface area contributed by atoms with E-state index in [1.807, 2.05) is 38.1 Å². The van der Waals surface area contributed by atoms with Crippen molar-refractivity contribution >= 4 is 24.0 Å². The first-order chi connectivity index (χ1) is 8.49. The summed E-state index contributed by atoms with van der Waals surface area (Å²) in [4.78, 5) is 11.9. The first kappa shape index (κ1) is 15.8. The number of benzene rings is 1. The number of carbonyl (C=O) groups is 1. The summed E-state index contributed by atoms with van der Waals surface area (Å²) >= 11 is 0. The fourth-order valence-corrected chi connectivity index (χ4v) is 1.93. The van der Waals surface area contributed by atoms with Crippen LogP contribution >= 0.6 is 12.4 Å². The van der Waals surface area contributed by atoms with E-state index in [1.165, 1.54) is 0 Å². The minimum Gasteiger partial charge on any atom is -0.491 e. The first-order valence-electron chi connectivity index (χ1n) is 6.37. The van der Waals surface area contributed by atoms with Gasteiger partial charge in [-0.15, -0.1) is 12.4 Å². The summed E-state index contributed by atoms with van der Waals surface area (Å²) < 4.78 is 5.54. The average molecular weight is 285 g/mol. The number of carbonyl (C=O) groups excluding carboxylic acids is 1. The van der Waals surface area contributed by atoms with E-state index >= 15 is 0 Å². The second kappa shape index (κ2) is 6.26. The van der Waals surface area contributed by atoms with Crippen molar-refractivity contribution in [2.24, 2.45) is 5.73 Å². The molecule has 1 aromatic carbocycles. The predicted molar refractivity (Wildman–Crippen MR) is 78.9 cm³/mol. The van der Waals surface area contributed by atoms with Gasteiger partial charge in [-0.3, -0.25) is 4.79 Å². The third-order valence-corrected chi connectivity index (χ3v) is 3.18. The molecule has 0 aromatic heterocycles. The topological polar surface area (TPSA) is 64.3 Å². The molecule has 1 aromatic rings. The second-order valence-electron chi connectivity index (χ2n) is 5.15. The van der Waals surface area contributed by atoms with E-state index in [2.05, 4.69) is 5.32 Å². The summed E-state index contributed by atoms with van der Waals surface area (Å²) in [5.74, 6) is 0.709. The normalized spacial score (nSPS) is 16.2. The summed E-state index contributed by atoms with van der Waals surface area (Å²) in [6, 6.07) is 7.36. The van der Waals surface area contributed by atoms with Crippen LogP contribution in [-0.2, 0) is 4.79 Å². The van der Waals surface area contributed by atoms with Crippen molar-refractivity contribution in [3.05, 3.63) is 24.3 Å². The Morgan fingerprint density at radius 2 is 1.89 bits per heavy atom. The van der Waals surface area contributed by atoms with E-state index in [9.17, 15) is 4.79 Å². The Labute approximate surface area is 120 Å². The van der Waals surface area contributed by atoms with Gasteiger partial charge < -0.3 is 15.8 Å². The lowest BCUT2D eigenvalue weighted by Gasteiger charge is -2.36. The maximum atomic E-state index is 11.9. The van der Waals surface area contributed by atoms with Crippen molar-refractivity contribution in [2.75, 3.05) is 5.32 Å². The Hall–Kier alpha value is -1.26. The van der Waals surface area contributed by atoms with Crippen molar-refractivity contribution in [1.82, 2.24) is 0 Å². The SMILES string of the molecule is CC(C)Oc1ccc(NC(=O)C2(N)CCC2)cc1.Cl. The third kappa shape index (κ3) is 3.85. The van der Waals surface area contributed by atoms with Gasteiger partial charge >= 0.3 is 0 Å². The van der Waals surface area contributed by atoms with Crippen LogP contribution in [0.2, 0.25) is 0 Å². The molecule has 0 bridgehead atoms. The molecule has 19 heavy (non-hydrogen) atoms. The van der Waals surface area contributed by atoms with Crippen LogP contribution in [0.25, 0.3) is 0 Å². The van der Waals surface area contributed by atoms with Crippen LogP contribution in [0, 0.1) is 0 Å². The van der Waals surface area contributed by atoms with Crippen LogP contribution in [0.3, 0.4) is 0 Å². The Balaban J connectivity index is 0.00000180. The molecule has 0 saturated heterocycles. The molecule has 0 atom stereocenters. The predicted octanol–water partition coefficient (Wildman–Crippen LogP) is 2.72. The minimum atomic E-state index is -0.660. The Kier molecular flexibility index (Phi) is 5.20. The lowest BCUT2D eigenvalue weighted by atomic mass is 9.77. The molecule has 5 heteroatoms. The van der Waals surface area contributed by atoms with Gasteiger partial charge in [-0.05, 0) is 57.4 Å². The number of ether oxygens (including phenoxy) is 1. The van der Waals surface area contributed by atoms with Gasteiger partial charge in [0.25, 0.3) is 0 Å².